The Morgan fingerprint density at radius 2 is 1.90 bits per heavy atom. The van der Waals surface area contributed by atoms with E-state index in [2.05, 4.69) is 10.8 Å². The number of hydrogen-bond donors (Lipinski definition) is 3. The first-order valence-corrected chi connectivity index (χ1v) is 6.50. The van der Waals surface area contributed by atoms with Gasteiger partial charge in [0.25, 0.3) is 5.91 Å². The van der Waals surface area contributed by atoms with Crippen molar-refractivity contribution < 1.29 is 14.4 Å². The van der Waals surface area contributed by atoms with Crippen molar-refractivity contribution in [3.8, 4) is 0 Å². The monoisotopic (exact) mass is 279 g/mol. The van der Waals surface area contributed by atoms with Crippen LogP contribution in [-0.2, 0) is 16.2 Å². The molecule has 4 N–H and O–H groups in total. The molecule has 0 aliphatic carbocycles. The summed E-state index contributed by atoms with van der Waals surface area (Å²) < 4.78 is 0. The maximum Gasteiger partial charge on any atom is 0.312 e. The Balaban J connectivity index is 2.43. The zero-order valence-electron chi connectivity index (χ0n) is 11.8. The van der Waals surface area contributed by atoms with Gasteiger partial charge in [0.15, 0.2) is 0 Å². The van der Waals surface area contributed by atoms with Crippen LogP contribution in [0.25, 0.3) is 0 Å². The van der Waals surface area contributed by atoms with E-state index in [0.717, 1.165) is 5.56 Å². The first-order chi connectivity index (χ1) is 9.49. The predicted molar refractivity (Wildman–Crippen MR) is 75.3 cm³/mol. The van der Waals surface area contributed by atoms with Gasteiger partial charge in [-0.1, -0.05) is 44.2 Å². The highest BCUT2D eigenvalue weighted by Crippen LogP contribution is 2.05. The van der Waals surface area contributed by atoms with Crippen LogP contribution in [0, 0.1) is 5.92 Å². The highest BCUT2D eigenvalue weighted by molar-refractivity contribution is 5.85. The summed E-state index contributed by atoms with van der Waals surface area (Å²) in [6.07, 6.45) is 0.490. The summed E-state index contributed by atoms with van der Waals surface area (Å²) >= 11 is 0. The minimum atomic E-state index is -0.728. The van der Waals surface area contributed by atoms with Crippen LogP contribution in [0.1, 0.15) is 25.8 Å². The van der Waals surface area contributed by atoms with Crippen molar-refractivity contribution in [2.45, 2.75) is 32.9 Å². The first kappa shape index (κ1) is 16.0. The molecule has 20 heavy (non-hydrogen) atoms. The van der Waals surface area contributed by atoms with Gasteiger partial charge >= 0.3 is 6.03 Å². The van der Waals surface area contributed by atoms with Gasteiger partial charge in [-0.2, -0.15) is 0 Å². The normalized spacial score (nSPS) is 11.9. The van der Waals surface area contributed by atoms with Gasteiger partial charge in [-0.3, -0.25) is 9.63 Å². The summed E-state index contributed by atoms with van der Waals surface area (Å²) in [7, 11) is 0. The number of rotatable bonds is 7. The minimum absolute atomic E-state index is 0.242. The fourth-order valence-corrected chi connectivity index (χ4v) is 1.71. The molecule has 3 amide bonds. The molecule has 6 heteroatoms. The SMILES string of the molecule is CC(C)CC(NC(N)=O)C(=O)NOCc1ccccc1. The third kappa shape index (κ3) is 6.19. The van der Waals surface area contributed by atoms with Gasteiger partial charge in [0.1, 0.15) is 6.04 Å². The molecule has 0 aliphatic heterocycles. The van der Waals surface area contributed by atoms with E-state index in [1.54, 1.807) is 0 Å². The molecule has 110 valence electrons. The molecule has 0 saturated heterocycles. The molecular weight excluding hydrogens is 258 g/mol. The van der Waals surface area contributed by atoms with E-state index in [1.807, 2.05) is 44.2 Å². The fourth-order valence-electron chi connectivity index (χ4n) is 1.71. The molecule has 0 aromatic heterocycles. The molecule has 0 aliphatic rings. The lowest BCUT2D eigenvalue weighted by Gasteiger charge is -2.18. The molecule has 0 saturated carbocycles. The Bertz CT molecular complexity index is 435. The first-order valence-electron chi connectivity index (χ1n) is 6.50. The molecule has 1 atom stereocenters. The average molecular weight is 279 g/mol. The highest BCUT2D eigenvalue weighted by Gasteiger charge is 2.21. The number of carbonyl (C=O) groups is 2. The molecule has 0 spiro atoms. The molecule has 1 aromatic carbocycles. The molecule has 1 aromatic rings. The van der Waals surface area contributed by atoms with Crippen molar-refractivity contribution in [2.24, 2.45) is 11.7 Å². The number of benzene rings is 1. The zero-order valence-corrected chi connectivity index (χ0v) is 11.8. The Morgan fingerprint density at radius 1 is 1.25 bits per heavy atom. The van der Waals surface area contributed by atoms with Crippen LogP contribution < -0.4 is 16.5 Å². The lowest BCUT2D eigenvalue weighted by molar-refractivity contribution is -0.136. The van der Waals surface area contributed by atoms with Crippen LogP contribution >= 0.6 is 0 Å². The van der Waals surface area contributed by atoms with Crippen molar-refractivity contribution in [1.29, 1.82) is 0 Å². The predicted octanol–water partition coefficient (Wildman–Crippen LogP) is 1.32. The Kier molecular flexibility index (Phi) is 6.52. The topological polar surface area (TPSA) is 93.5 Å². The van der Waals surface area contributed by atoms with Gasteiger partial charge in [-0.15, -0.1) is 0 Å². The Hall–Kier alpha value is -2.08. The van der Waals surface area contributed by atoms with Crippen LogP contribution in [0.3, 0.4) is 0 Å². The van der Waals surface area contributed by atoms with E-state index in [1.165, 1.54) is 0 Å². The van der Waals surface area contributed by atoms with Crippen LogP contribution in [0.15, 0.2) is 30.3 Å². The lowest BCUT2D eigenvalue weighted by atomic mass is 10.0. The summed E-state index contributed by atoms with van der Waals surface area (Å²) in [6.45, 7) is 4.17. The number of amides is 3. The van der Waals surface area contributed by atoms with Crippen molar-refractivity contribution in [2.75, 3.05) is 0 Å². The maximum atomic E-state index is 11.9. The zero-order chi connectivity index (χ0) is 15.0. The van der Waals surface area contributed by atoms with Gasteiger partial charge in [-0.25, -0.2) is 10.3 Å². The molecule has 0 fully saturated rings. The van der Waals surface area contributed by atoms with E-state index in [9.17, 15) is 9.59 Å². The summed E-state index contributed by atoms with van der Waals surface area (Å²) in [5.74, 6) is -0.167. The van der Waals surface area contributed by atoms with E-state index >= 15 is 0 Å². The summed E-state index contributed by atoms with van der Waals surface area (Å²) in [6, 6.07) is 8.03. The van der Waals surface area contributed by atoms with Gasteiger partial charge in [0, 0.05) is 0 Å². The van der Waals surface area contributed by atoms with E-state index in [-0.39, 0.29) is 12.5 Å². The van der Waals surface area contributed by atoms with Crippen LogP contribution in [0.2, 0.25) is 0 Å². The number of hydroxylamine groups is 1. The molecule has 1 rings (SSSR count). The van der Waals surface area contributed by atoms with Gasteiger partial charge in [0.2, 0.25) is 0 Å². The summed E-state index contributed by atoms with van der Waals surface area (Å²) in [5.41, 5.74) is 8.33. The second kappa shape index (κ2) is 8.16. The van der Waals surface area contributed by atoms with Crippen LogP contribution in [-0.4, -0.2) is 18.0 Å². The number of hydrogen-bond acceptors (Lipinski definition) is 3. The number of nitrogens with one attached hydrogen (secondary N) is 2. The van der Waals surface area contributed by atoms with Crippen molar-refractivity contribution in [3.05, 3.63) is 35.9 Å². The lowest BCUT2D eigenvalue weighted by Crippen LogP contribution is -2.49. The van der Waals surface area contributed by atoms with Gasteiger partial charge < -0.3 is 11.1 Å². The van der Waals surface area contributed by atoms with Crippen molar-refractivity contribution >= 4 is 11.9 Å². The maximum absolute atomic E-state index is 11.9. The number of nitrogens with two attached hydrogens (primary N) is 1. The van der Waals surface area contributed by atoms with E-state index in [4.69, 9.17) is 10.6 Å². The Labute approximate surface area is 118 Å². The minimum Gasteiger partial charge on any atom is -0.352 e. The Morgan fingerprint density at radius 3 is 2.45 bits per heavy atom. The van der Waals surface area contributed by atoms with Crippen LogP contribution in [0.4, 0.5) is 4.79 Å². The molecule has 0 radical (unpaired) electrons. The van der Waals surface area contributed by atoms with Gasteiger partial charge in [-0.05, 0) is 17.9 Å². The second-order valence-electron chi connectivity index (χ2n) is 4.93. The number of carbonyl (C=O) groups excluding carboxylic acids is 2. The average Bonchev–Trinajstić information content (AvgIpc) is 2.38. The quantitative estimate of drug-likeness (QED) is 0.657. The molecular formula is C14H21N3O3. The second-order valence-corrected chi connectivity index (χ2v) is 4.93. The van der Waals surface area contributed by atoms with E-state index in [0.29, 0.717) is 6.42 Å². The van der Waals surface area contributed by atoms with Crippen molar-refractivity contribution in [3.63, 3.8) is 0 Å². The van der Waals surface area contributed by atoms with Crippen LogP contribution in [0.5, 0.6) is 0 Å². The smallest absolute Gasteiger partial charge is 0.312 e. The third-order valence-electron chi connectivity index (χ3n) is 2.59. The number of urea groups is 1. The fraction of sp³-hybridized carbons (Fsp3) is 0.429. The van der Waals surface area contributed by atoms with Gasteiger partial charge in [0.05, 0.1) is 6.61 Å². The third-order valence-corrected chi connectivity index (χ3v) is 2.59. The number of primary amides is 1. The largest absolute Gasteiger partial charge is 0.352 e. The molecule has 1 unspecified atom stereocenters. The highest BCUT2D eigenvalue weighted by atomic mass is 16.6. The molecule has 0 heterocycles. The van der Waals surface area contributed by atoms with Crippen molar-refractivity contribution in [1.82, 2.24) is 10.8 Å². The summed E-state index contributed by atoms with van der Waals surface area (Å²) in [4.78, 5) is 27.9. The van der Waals surface area contributed by atoms with E-state index < -0.39 is 18.0 Å². The molecule has 0 bridgehead atoms. The summed E-state index contributed by atoms with van der Waals surface area (Å²) in [5, 5.41) is 2.41. The standard InChI is InChI=1S/C14H21N3O3/c1-10(2)8-12(16-14(15)19)13(18)17-20-9-11-6-4-3-5-7-11/h3-7,10,12H,8-9H2,1-2H3,(H,17,18)(H3,15,16,19). The molecule has 6 nitrogen and oxygen atoms in total.